The van der Waals surface area contributed by atoms with Crippen LogP contribution in [0.15, 0.2) is 0 Å². The third kappa shape index (κ3) is 15.2. The van der Waals surface area contributed by atoms with Crippen molar-refractivity contribution in [3.8, 4) is 0 Å². The highest BCUT2D eigenvalue weighted by atomic mass is 19.4. The molecule has 0 aliphatic heterocycles. The maximum absolute atomic E-state index is 12.4. The van der Waals surface area contributed by atoms with Crippen molar-refractivity contribution < 1.29 is 50.3 Å². The number of alkyl carbamates (subject to hydrolysis) is 1. The lowest BCUT2D eigenvalue weighted by Crippen LogP contribution is -2.56. The van der Waals surface area contributed by atoms with E-state index in [0.29, 0.717) is 32.2 Å². The number of rotatable bonds is 12. The average Bonchev–Trinajstić information content (AvgIpc) is 2.66. The summed E-state index contributed by atoms with van der Waals surface area (Å²) < 4.78 is 79.1. The smallest absolute Gasteiger partial charge is 0.444 e. The summed E-state index contributed by atoms with van der Waals surface area (Å²) in [4.78, 5) is 45.4. The van der Waals surface area contributed by atoms with E-state index in [0.717, 1.165) is 6.42 Å². The Morgan fingerprint density at radius 2 is 1.18 bits per heavy atom. The van der Waals surface area contributed by atoms with E-state index in [1.165, 1.54) is 10.6 Å². The van der Waals surface area contributed by atoms with Gasteiger partial charge in [0.2, 0.25) is 5.91 Å². The van der Waals surface area contributed by atoms with Gasteiger partial charge >= 0.3 is 30.3 Å². The quantitative estimate of drug-likeness (QED) is 0.238. The zero-order valence-electron chi connectivity index (χ0n) is 19.0. The monoisotopic (exact) mass is 508 g/mol. The van der Waals surface area contributed by atoms with Crippen LogP contribution in [0.1, 0.15) is 52.9 Å². The second-order valence-corrected chi connectivity index (χ2v) is 8.22. The largest absolute Gasteiger partial charge is 0.471 e. The Morgan fingerprint density at radius 3 is 1.65 bits per heavy atom. The molecular weight excluding hydrogens is 478 g/mol. The molecule has 0 fully saturated rings. The summed E-state index contributed by atoms with van der Waals surface area (Å²) in [6.45, 7) is 4.40. The number of carbonyl (C=O) groups is 4. The Hall–Kier alpha value is -2.74. The first-order chi connectivity index (χ1) is 15.4. The lowest BCUT2D eigenvalue weighted by molar-refractivity contribution is -0.176. The molecule has 0 aromatic heterocycles. The van der Waals surface area contributed by atoms with Gasteiger partial charge in [-0.2, -0.15) is 26.3 Å². The summed E-state index contributed by atoms with van der Waals surface area (Å²) in [5.74, 6) is -6.18. The number of amides is 4. The van der Waals surface area contributed by atoms with Crippen molar-refractivity contribution in [3.63, 3.8) is 0 Å². The van der Waals surface area contributed by atoms with Crippen molar-refractivity contribution in [2.75, 3.05) is 19.6 Å². The summed E-state index contributed by atoms with van der Waals surface area (Å²) >= 11 is 0. The number of carbonyl (C=O) groups excluding carboxylic acids is 4. The predicted octanol–water partition coefficient (Wildman–Crippen LogP) is 2.30. The molecule has 1 atom stereocenters. The van der Waals surface area contributed by atoms with Crippen LogP contribution in [-0.4, -0.2) is 67.4 Å². The first kappa shape index (κ1) is 31.3. The van der Waals surface area contributed by atoms with Crippen molar-refractivity contribution in [3.05, 3.63) is 0 Å². The van der Waals surface area contributed by atoms with Gasteiger partial charge < -0.3 is 26.0 Å². The molecule has 0 saturated carbocycles. The number of ether oxygens (including phenoxy) is 1. The van der Waals surface area contributed by atoms with Crippen LogP contribution in [0.3, 0.4) is 0 Å². The Balaban J connectivity index is 4.32. The van der Waals surface area contributed by atoms with Crippen LogP contribution >= 0.6 is 0 Å². The van der Waals surface area contributed by atoms with Crippen LogP contribution in [0.4, 0.5) is 31.1 Å². The standard InChI is InChI=1S/C19H30F6N4O5/c1-17(2,3)34-16(33)27-10-8-6-4-5-7-9-26-13(30)12(29-15(32)19(23,24)25)11-28-14(31)18(20,21)22/h12H,4-11H2,1-3H3,(H,26,30)(H,27,33)(H,28,31)(H,29,32). The molecule has 1 unspecified atom stereocenters. The van der Waals surface area contributed by atoms with Gasteiger partial charge in [0.1, 0.15) is 11.6 Å². The number of alkyl halides is 6. The molecule has 198 valence electrons. The Labute approximate surface area is 192 Å². The molecule has 0 aromatic carbocycles. The molecule has 0 aliphatic carbocycles. The molecule has 0 aliphatic rings. The van der Waals surface area contributed by atoms with E-state index in [1.807, 2.05) is 0 Å². The van der Waals surface area contributed by atoms with Crippen molar-refractivity contribution in [1.29, 1.82) is 0 Å². The summed E-state index contributed by atoms with van der Waals surface area (Å²) in [7, 11) is 0. The lowest BCUT2D eigenvalue weighted by Gasteiger charge is -2.20. The number of unbranched alkanes of at least 4 members (excludes halogenated alkanes) is 4. The first-order valence-electron chi connectivity index (χ1n) is 10.4. The Bertz CT molecular complexity index is 692. The van der Waals surface area contributed by atoms with E-state index in [1.54, 1.807) is 20.8 Å². The highest BCUT2D eigenvalue weighted by Gasteiger charge is 2.42. The fourth-order valence-corrected chi connectivity index (χ4v) is 2.36. The molecular formula is C19H30F6N4O5. The van der Waals surface area contributed by atoms with Gasteiger partial charge in [-0.3, -0.25) is 14.4 Å². The number of hydrogen-bond acceptors (Lipinski definition) is 5. The second kappa shape index (κ2) is 13.8. The zero-order valence-corrected chi connectivity index (χ0v) is 19.0. The van der Waals surface area contributed by atoms with Crippen LogP contribution in [0.25, 0.3) is 0 Å². The lowest BCUT2D eigenvalue weighted by atomic mass is 10.1. The highest BCUT2D eigenvalue weighted by molar-refractivity contribution is 5.90. The van der Waals surface area contributed by atoms with Crippen LogP contribution in [0.5, 0.6) is 0 Å². The average molecular weight is 508 g/mol. The molecule has 0 aromatic rings. The van der Waals surface area contributed by atoms with E-state index in [-0.39, 0.29) is 6.54 Å². The van der Waals surface area contributed by atoms with Crippen LogP contribution in [-0.2, 0) is 19.1 Å². The minimum atomic E-state index is -5.37. The zero-order chi connectivity index (χ0) is 26.6. The van der Waals surface area contributed by atoms with Crippen molar-refractivity contribution in [2.24, 2.45) is 0 Å². The van der Waals surface area contributed by atoms with Gasteiger partial charge in [-0.1, -0.05) is 19.3 Å². The van der Waals surface area contributed by atoms with Gasteiger partial charge in [0, 0.05) is 19.6 Å². The Kier molecular flexibility index (Phi) is 12.7. The fraction of sp³-hybridized carbons (Fsp3) is 0.789. The van der Waals surface area contributed by atoms with Gasteiger partial charge in [0.15, 0.2) is 0 Å². The van der Waals surface area contributed by atoms with Crippen molar-refractivity contribution in [1.82, 2.24) is 21.3 Å². The molecule has 0 heterocycles. The SMILES string of the molecule is CC(C)(C)OC(=O)NCCCCCCCNC(=O)C(CNC(=O)C(F)(F)F)NC(=O)C(F)(F)F. The van der Waals surface area contributed by atoms with Crippen LogP contribution in [0.2, 0.25) is 0 Å². The molecule has 0 radical (unpaired) electrons. The van der Waals surface area contributed by atoms with Gasteiger partial charge in [0.05, 0.1) is 0 Å². The number of nitrogens with one attached hydrogen (secondary N) is 4. The van der Waals surface area contributed by atoms with Gasteiger partial charge in [-0.15, -0.1) is 0 Å². The third-order valence-electron chi connectivity index (χ3n) is 3.92. The van der Waals surface area contributed by atoms with Gasteiger partial charge in [0.25, 0.3) is 0 Å². The van der Waals surface area contributed by atoms with Crippen LogP contribution < -0.4 is 21.3 Å². The maximum Gasteiger partial charge on any atom is 0.471 e. The third-order valence-corrected chi connectivity index (χ3v) is 3.92. The van der Waals surface area contributed by atoms with Crippen LogP contribution in [0, 0.1) is 0 Å². The molecule has 0 spiro atoms. The summed E-state index contributed by atoms with van der Waals surface area (Å²) in [6.07, 6.45) is -8.09. The molecule has 0 rings (SSSR count). The van der Waals surface area contributed by atoms with Gasteiger partial charge in [-0.25, -0.2) is 4.79 Å². The molecule has 0 saturated heterocycles. The highest BCUT2D eigenvalue weighted by Crippen LogP contribution is 2.15. The van der Waals surface area contributed by atoms with E-state index in [9.17, 15) is 45.5 Å². The maximum atomic E-state index is 12.4. The molecule has 4 N–H and O–H groups in total. The first-order valence-corrected chi connectivity index (χ1v) is 10.4. The van der Waals surface area contributed by atoms with E-state index in [2.05, 4.69) is 10.6 Å². The predicted molar refractivity (Wildman–Crippen MR) is 107 cm³/mol. The molecule has 9 nitrogen and oxygen atoms in total. The number of hydrogen-bond donors (Lipinski definition) is 4. The molecule has 0 bridgehead atoms. The second-order valence-electron chi connectivity index (χ2n) is 8.22. The molecule has 34 heavy (non-hydrogen) atoms. The van der Waals surface area contributed by atoms with E-state index < -0.39 is 54.4 Å². The summed E-state index contributed by atoms with van der Waals surface area (Å²) in [6, 6.07) is -2.06. The topological polar surface area (TPSA) is 126 Å². The minimum Gasteiger partial charge on any atom is -0.444 e. The Morgan fingerprint density at radius 1 is 0.706 bits per heavy atom. The molecule has 15 heteroatoms. The van der Waals surface area contributed by atoms with Gasteiger partial charge in [-0.05, 0) is 33.6 Å². The minimum absolute atomic E-state index is 0.0133. The summed E-state index contributed by atoms with van der Waals surface area (Å²) in [5.41, 5.74) is -0.604. The molecule has 4 amide bonds. The summed E-state index contributed by atoms with van der Waals surface area (Å²) in [5, 5.41) is 7.33. The van der Waals surface area contributed by atoms with E-state index in [4.69, 9.17) is 4.74 Å². The fourth-order valence-electron chi connectivity index (χ4n) is 2.36. The van der Waals surface area contributed by atoms with E-state index >= 15 is 0 Å². The number of halogens is 6. The van der Waals surface area contributed by atoms with Crippen molar-refractivity contribution >= 4 is 23.8 Å². The normalized spacial score (nSPS) is 13.0. The van der Waals surface area contributed by atoms with Crippen molar-refractivity contribution in [2.45, 2.75) is 76.9 Å².